The molecule has 2 aromatic rings. The Bertz CT molecular complexity index is 699. The van der Waals surface area contributed by atoms with Crippen molar-refractivity contribution in [2.45, 2.75) is 38.1 Å². The summed E-state index contributed by atoms with van der Waals surface area (Å²) in [6.07, 6.45) is 4.10. The van der Waals surface area contributed by atoms with Gasteiger partial charge in [0.25, 0.3) is 0 Å². The highest BCUT2D eigenvalue weighted by Gasteiger charge is 2.23. The minimum Gasteiger partial charge on any atom is -0.481 e. The molecule has 1 aliphatic rings. The minimum absolute atomic E-state index is 0.0542. The lowest BCUT2D eigenvalue weighted by Crippen LogP contribution is -2.19. The molecule has 3 N–H and O–H groups in total. The van der Waals surface area contributed by atoms with Crippen LogP contribution in [-0.4, -0.2) is 27.1 Å². The molecule has 0 bridgehead atoms. The van der Waals surface area contributed by atoms with Gasteiger partial charge in [0.1, 0.15) is 11.6 Å². The molecule has 1 heterocycles. The van der Waals surface area contributed by atoms with E-state index in [1.54, 1.807) is 6.20 Å². The Morgan fingerprint density at radius 1 is 1.30 bits per heavy atom. The molecule has 0 fully saturated rings. The van der Waals surface area contributed by atoms with E-state index in [1.807, 2.05) is 0 Å². The van der Waals surface area contributed by atoms with E-state index in [9.17, 15) is 13.6 Å². The lowest BCUT2D eigenvalue weighted by Gasteiger charge is -2.10. The lowest BCUT2D eigenvalue weighted by atomic mass is 10.1. The number of fused-ring (bicyclic) bond motifs is 1. The predicted molar refractivity (Wildman–Crippen MR) is 80.3 cm³/mol. The van der Waals surface area contributed by atoms with Gasteiger partial charge in [0.2, 0.25) is 0 Å². The van der Waals surface area contributed by atoms with Crippen LogP contribution in [0.4, 0.5) is 14.6 Å². The number of aliphatic carboxylic acids is 1. The Morgan fingerprint density at radius 3 is 2.57 bits per heavy atom. The standard InChI is InChI=1S/C16H17F2N3O2/c17-12-6-9-4-11(5-10(9)7-13(12)18)20-15-8-19-14(21-15)2-1-3-16(22)23/h6-8,11,20H,1-5H2,(H,19,21)(H,22,23). The van der Waals surface area contributed by atoms with Crippen molar-refractivity contribution in [3.8, 4) is 0 Å². The van der Waals surface area contributed by atoms with E-state index < -0.39 is 17.6 Å². The SMILES string of the molecule is O=C(O)CCCc1ncc(NC2Cc3cc(F)c(F)cc3C2)[nH]1. The first-order valence-electron chi connectivity index (χ1n) is 7.50. The number of aromatic amines is 1. The van der Waals surface area contributed by atoms with Gasteiger partial charge in [0, 0.05) is 18.9 Å². The molecule has 23 heavy (non-hydrogen) atoms. The number of benzene rings is 1. The zero-order valence-corrected chi connectivity index (χ0v) is 12.4. The molecular formula is C16H17F2N3O2. The maximum Gasteiger partial charge on any atom is 0.303 e. The predicted octanol–water partition coefficient (Wildman–Crippen LogP) is 2.67. The third-order valence-electron chi connectivity index (χ3n) is 3.97. The fourth-order valence-electron chi connectivity index (χ4n) is 2.90. The second kappa shape index (κ2) is 6.36. The van der Waals surface area contributed by atoms with Gasteiger partial charge in [-0.2, -0.15) is 0 Å². The van der Waals surface area contributed by atoms with E-state index in [4.69, 9.17) is 5.11 Å². The first-order valence-corrected chi connectivity index (χ1v) is 7.50. The van der Waals surface area contributed by atoms with Crippen LogP contribution in [-0.2, 0) is 24.1 Å². The quantitative estimate of drug-likeness (QED) is 0.764. The minimum atomic E-state index is -0.821. The summed E-state index contributed by atoms with van der Waals surface area (Å²) in [5.74, 6) is -0.994. The molecule has 0 saturated heterocycles. The number of anilines is 1. The molecule has 0 amide bonds. The highest BCUT2D eigenvalue weighted by atomic mass is 19.2. The molecule has 122 valence electrons. The number of H-pyrrole nitrogens is 1. The molecule has 0 spiro atoms. The molecule has 1 aliphatic carbocycles. The maximum atomic E-state index is 13.3. The number of aromatic nitrogens is 2. The summed E-state index contributed by atoms with van der Waals surface area (Å²) in [6.45, 7) is 0. The fraction of sp³-hybridized carbons (Fsp3) is 0.375. The molecule has 0 unspecified atom stereocenters. The molecule has 3 rings (SSSR count). The first kappa shape index (κ1) is 15.5. The van der Waals surface area contributed by atoms with Gasteiger partial charge < -0.3 is 15.4 Å². The molecule has 7 heteroatoms. The fourth-order valence-corrected chi connectivity index (χ4v) is 2.90. The third kappa shape index (κ3) is 3.67. The summed E-state index contributed by atoms with van der Waals surface area (Å²) in [6, 6.07) is 2.58. The normalized spacial score (nSPS) is 14.0. The average Bonchev–Trinajstić information content (AvgIpc) is 3.06. The topological polar surface area (TPSA) is 78.0 Å². The first-order chi connectivity index (χ1) is 11.0. The number of carboxylic acids is 1. The largest absolute Gasteiger partial charge is 0.481 e. The van der Waals surface area contributed by atoms with Gasteiger partial charge in [-0.3, -0.25) is 4.79 Å². The molecule has 5 nitrogen and oxygen atoms in total. The molecular weight excluding hydrogens is 304 g/mol. The number of rotatable bonds is 6. The number of aryl methyl sites for hydroxylation is 1. The number of nitrogens with zero attached hydrogens (tertiary/aromatic N) is 1. The Kier molecular flexibility index (Phi) is 4.27. The lowest BCUT2D eigenvalue weighted by molar-refractivity contribution is -0.137. The maximum absolute atomic E-state index is 13.3. The number of carboxylic acid groups (broad SMARTS) is 1. The van der Waals surface area contributed by atoms with E-state index >= 15 is 0 Å². The van der Waals surface area contributed by atoms with E-state index in [1.165, 1.54) is 12.1 Å². The van der Waals surface area contributed by atoms with E-state index in [-0.39, 0.29) is 12.5 Å². The number of nitrogens with one attached hydrogen (secondary N) is 2. The molecule has 1 aromatic carbocycles. The van der Waals surface area contributed by atoms with Gasteiger partial charge in [-0.25, -0.2) is 13.8 Å². The highest BCUT2D eigenvalue weighted by molar-refractivity contribution is 5.66. The number of halogens is 2. The van der Waals surface area contributed by atoms with Crippen LogP contribution in [0.15, 0.2) is 18.3 Å². The van der Waals surface area contributed by atoms with Gasteiger partial charge in [0.15, 0.2) is 11.6 Å². The van der Waals surface area contributed by atoms with Crippen LogP contribution in [0.3, 0.4) is 0 Å². The smallest absolute Gasteiger partial charge is 0.303 e. The molecule has 0 aliphatic heterocycles. The number of carbonyl (C=O) groups is 1. The van der Waals surface area contributed by atoms with Crippen molar-refractivity contribution < 1.29 is 18.7 Å². The van der Waals surface area contributed by atoms with E-state index in [0.29, 0.717) is 25.7 Å². The van der Waals surface area contributed by atoms with Crippen molar-refractivity contribution in [1.82, 2.24) is 9.97 Å². The van der Waals surface area contributed by atoms with Gasteiger partial charge in [-0.15, -0.1) is 0 Å². The van der Waals surface area contributed by atoms with Gasteiger partial charge in [-0.05, 0) is 42.5 Å². The van der Waals surface area contributed by atoms with Crippen LogP contribution in [0.2, 0.25) is 0 Å². The average molecular weight is 321 g/mol. The van der Waals surface area contributed by atoms with Crippen molar-refractivity contribution >= 4 is 11.8 Å². The van der Waals surface area contributed by atoms with Crippen LogP contribution in [0.5, 0.6) is 0 Å². The second-order valence-corrected chi connectivity index (χ2v) is 5.78. The highest BCUT2D eigenvalue weighted by Crippen LogP contribution is 2.26. The Balaban J connectivity index is 1.57. The van der Waals surface area contributed by atoms with Crippen molar-refractivity contribution in [1.29, 1.82) is 0 Å². The third-order valence-corrected chi connectivity index (χ3v) is 3.97. The molecule has 0 atom stereocenters. The van der Waals surface area contributed by atoms with Gasteiger partial charge in [0.05, 0.1) is 6.20 Å². The van der Waals surface area contributed by atoms with E-state index in [2.05, 4.69) is 15.3 Å². The van der Waals surface area contributed by atoms with Crippen LogP contribution in [0, 0.1) is 11.6 Å². The van der Waals surface area contributed by atoms with Crippen molar-refractivity contribution in [3.63, 3.8) is 0 Å². The molecule has 1 aromatic heterocycles. The second-order valence-electron chi connectivity index (χ2n) is 5.78. The summed E-state index contributed by atoms with van der Waals surface area (Å²) in [7, 11) is 0. The summed E-state index contributed by atoms with van der Waals surface area (Å²) in [5, 5.41) is 11.9. The van der Waals surface area contributed by atoms with Crippen LogP contribution >= 0.6 is 0 Å². The van der Waals surface area contributed by atoms with E-state index in [0.717, 1.165) is 22.8 Å². The Hall–Kier alpha value is -2.44. The number of hydrogen-bond donors (Lipinski definition) is 3. The molecule has 0 saturated carbocycles. The van der Waals surface area contributed by atoms with Crippen LogP contribution in [0.1, 0.15) is 29.8 Å². The van der Waals surface area contributed by atoms with Crippen LogP contribution < -0.4 is 5.32 Å². The van der Waals surface area contributed by atoms with Crippen LogP contribution in [0.25, 0.3) is 0 Å². The Labute approximate surface area is 131 Å². The monoisotopic (exact) mass is 321 g/mol. The molecule has 0 radical (unpaired) electrons. The summed E-state index contributed by atoms with van der Waals surface area (Å²) in [4.78, 5) is 17.8. The van der Waals surface area contributed by atoms with Crippen molar-refractivity contribution in [2.24, 2.45) is 0 Å². The summed E-state index contributed by atoms with van der Waals surface area (Å²) >= 11 is 0. The van der Waals surface area contributed by atoms with Gasteiger partial charge >= 0.3 is 5.97 Å². The zero-order chi connectivity index (χ0) is 16.4. The number of hydrogen-bond acceptors (Lipinski definition) is 3. The van der Waals surface area contributed by atoms with Gasteiger partial charge in [-0.1, -0.05) is 0 Å². The Morgan fingerprint density at radius 2 is 1.96 bits per heavy atom. The van der Waals surface area contributed by atoms with Crippen molar-refractivity contribution in [2.75, 3.05) is 5.32 Å². The van der Waals surface area contributed by atoms with Crippen molar-refractivity contribution in [3.05, 3.63) is 46.9 Å². The summed E-state index contributed by atoms with van der Waals surface area (Å²) in [5.41, 5.74) is 1.64. The summed E-state index contributed by atoms with van der Waals surface area (Å²) < 4.78 is 26.5. The zero-order valence-electron chi connectivity index (χ0n) is 12.4. The number of imidazole rings is 1.